The molecule has 0 aliphatic carbocycles. The monoisotopic (exact) mass is 216 g/mol. The summed E-state index contributed by atoms with van der Waals surface area (Å²) in [6.45, 7) is 1.95. The van der Waals surface area contributed by atoms with Gasteiger partial charge in [0.15, 0.2) is 0 Å². The number of aryl methyl sites for hydroxylation is 1. The Morgan fingerprint density at radius 2 is 2.00 bits per heavy atom. The highest BCUT2D eigenvalue weighted by molar-refractivity contribution is 5.42. The predicted molar refractivity (Wildman–Crippen MR) is 50.7 cm³/mol. The third-order valence-electron chi connectivity index (χ3n) is 2.56. The van der Waals surface area contributed by atoms with Gasteiger partial charge in [-0.15, -0.1) is 0 Å². The molecule has 1 aliphatic heterocycles. The van der Waals surface area contributed by atoms with Gasteiger partial charge in [0.25, 0.3) is 0 Å². The van der Waals surface area contributed by atoms with Crippen molar-refractivity contribution in [1.82, 2.24) is 4.98 Å². The average Bonchev–Trinajstić information content (AvgIpc) is 2.03. The van der Waals surface area contributed by atoms with Gasteiger partial charge in [0.2, 0.25) is 0 Å². The van der Waals surface area contributed by atoms with Gasteiger partial charge in [0, 0.05) is 19.3 Å². The van der Waals surface area contributed by atoms with Gasteiger partial charge >= 0.3 is 6.18 Å². The topological polar surface area (TPSA) is 16.1 Å². The highest BCUT2D eigenvalue weighted by Crippen LogP contribution is 2.35. The van der Waals surface area contributed by atoms with Crippen LogP contribution in [0.5, 0.6) is 0 Å². The molecule has 0 unspecified atom stereocenters. The normalized spacial score (nSPS) is 17.7. The SMILES string of the molecule is Cc1ccc(N2CC(C(F)(F)F)C2)nc1. The van der Waals surface area contributed by atoms with Gasteiger partial charge in [0.1, 0.15) is 5.82 Å². The summed E-state index contributed by atoms with van der Waals surface area (Å²) in [4.78, 5) is 5.71. The van der Waals surface area contributed by atoms with E-state index < -0.39 is 12.1 Å². The van der Waals surface area contributed by atoms with E-state index in [1.54, 1.807) is 17.2 Å². The summed E-state index contributed by atoms with van der Waals surface area (Å²) < 4.78 is 36.6. The highest BCUT2D eigenvalue weighted by atomic mass is 19.4. The fourth-order valence-electron chi connectivity index (χ4n) is 1.52. The Bertz CT molecular complexity index is 339. The van der Waals surface area contributed by atoms with Crippen molar-refractivity contribution in [2.24, 2.45) is 5.92 Å². The number of rotatable bonds is 1. The number of aromatic nitrogens is 1. The number of hydrogen-bond donors (Lipinski definition) is 0. The van der Waals surface area contributed by atoms with Crippen LogP contribution in [0.15, 0.2) is 18.3 Å². The maximum Gasteiger partial charge on any atom is 0.395 e. The molecule has 0 aromatic carbocycles. The molecule has 0 atom stereocenters. The zero-order valence-electron chi connectivity index (χ0n) is 8.25. The molecule has 1 aromatic heterocycles. The second-order valence-corrected chi connectivity index (χ2v) is 3.84. The van der Waals surface area contributed by atoms with Crippen molar-refractivity contribution in [2.45, 2.75) is 13.1 Å². The van der Waals surface area contributed by atoms with Gasteiger partial charge < -0.3 is 4.90 Å². The second kappa shape index (κ2) is 3.40. The lowest BCUT2D eigenvalue weighted by Crippen LogP contribution is -2.53. The summed E-state index contributed by atoms with van der Waals surface area (Å²) in [6.07, 6.45) is -2.41. The van der Waals surface area contributed by atoms with Crippen molar-refractivity contribution in [3.63, 3.8) is 0 Å². The van der Waals surface area contributed by atoms with E-state index in [-0.39, 0.29) is 13.1 Å². The van der Waals surface area contributed by atoms with E-state index in [0.717, 1.165) is 5.56 Å². The van der Waals surface area contributed by atoms with Gasteiger partial charge in [-0.3, -0.25) is 0 Å². The molecule has 1 fully saturated rings. The molecule has 2 nitrogen and oxygen atoms in total. The Kier molecular flexibility index (Phi) is 2.32. The molecule has 0 amide bonds. The van der Waals surface area contributed by atoms with Gasteiger partial charge in [-0.25, -0.2) is 4.98 Å². The number of pyridine rings is 1. The molecule has 0 spiro atoms. The maximum atomic E-state index is 12.2. The molecule has 5 heteroatoms. The Balaban J connectivity index is 1.98. The van der Waals surface area contributed by atoms with E-state index in [4.69, 9.17) is 0 Å². The van der Waals surface area contributed by atoms with E-state index in [9.17, 15) is 13.2 Å². The number of halogens is 3. The Morgan fingerprint density at radius 3 is 2.47 bits per heavy atom. The van der Waals surface area contributed by atoms with Crippen LogP contribution in [-0.2, 0) is 0 Å². The van der Waals surface area contributed by atoms with Crippen LogP contribution in [0.1, 0.15) is 5.56 Å². The number of anilines is 1. The zero-order chi connectivity index (χ0) is 11.1. The first-order chi connectivity index (χ1) is 6.97. The fraction of sp³-hybridized carbons (Fsp3) is 0.500. The largest absolute Gasteiger partial charge is 0.395 e. The lowest BCUT2D eigenvalue weighted by atomic mass is 10.00. The van der Waals surface area contributed by atoms with Crippen molar-refractivity contribution in [2.75, 3.05) is 18.0 Å². The lowest BCUT2D eigenvalue weighted by molar-refractivity contribution is -0.180. The van der Waals surface area contributed by atoms with Crippen LogP contribution in [0, 0.1) is 12.8 Å². The van der Waals surface area contributed by atoms with Crippen LogP contribution in [0.25, 0.3) is 0 Å². The Labute approximate surface area is 85.7 Å². The smallest absolute Gasteiger partial charge is 0.355 e. The van der Waals surface area contributed by atoms with Crippen LogP contribution >= 0.6 is 0 Å². The van der Waals surface area contributed by atoms with Crippen molar-refractivity contribution in [1.29, 1.82) is 0 Å². The third-order valence-corrected chi connectivity index (χ3v) is 2.56. The van der Waals surface area contributed by atoms with E-state index in [1.165, 1.54) is 0 Å². The molecule has 2 heterocycles. The summed E-state index contributed by atoms with van der Waals surface area (Å²) in [5, 5.41) is 0. The van der Waals surface area contributed by atoms with Gasteiger partial charge in [0.05, 0.1) is 5.92 Å². The molecular weight excluding hydrogens is 205 g/mol. The van der Waals surface area contributed by atoms with Crippen LogP contribution in [0.4, 0.5) is 19.0 Å². The fourth-order valence-corrected chi connectivity index (χ4v) is 1.52. The van der Waals surface area contributed by atoms with Gasteiger partial charge in [-0.1, -0.05) is 6.07 Å². The standard InChI is InChI=1S/C10H11F3N2/c1-7-2-3-9(14-4-7)15-5-8(6-15)10(11,12)13/h2-4,8H,5-6H2,1H3. The molecule has 1 aromatic rings. The molecule has 0 saturated carbocycles. The van der Waals surface area contributed by atoms with Gasteiger partial charge in [-0.05, 0) is 18.6 Å². The Morgan fingerprint density at radius 1 is 1.33 bits per heavy atom. The Hall–Kier alpha value is -1.26. The molecule has 15 heavy (non-hydrogen) atoms. The molecule has 82 valence electrons. The lowest BCUT2D eigenvalue weighted by Gasteiger charge is -2.40. The zero-order valence-corrected chi connectivity index (χ0v) is 8.25. The molecule has 1 saturated heterocycles. The van der Waals surface area contributed by atoms with E-state index in [1.807, 2.05) is 13.0 Å². The first-order valence-corrected chi connectivity index (χ1v) is 4.71. The predicted octanol–water partition coefficient (Wildman–Crippen LogP) is 2.39. The molecule has 0 N–H and O–H groups in total. The minimum atomic E-state index is -4.07. The minimum absolute atomic E-state index is 0.0273. The van der Waals surface area contributed by atoms with E-state index in [2.05, 4.69) is 4.98 Å². The van der Waals surface area contributed by atoms with Gasteiger partial charge in [-0.2, -0.15) is 13.2 Å². The van der Waals surface area contributed by atoms with Crippen molar-refractivity contribution in [3.8, 4) is 0 Å². The highest BCUT2D eigenvalue weighted by Gasteiger charge is 2.47. The number of alkyl halides is 3. The van der Waals surface area contributed by atoms with Crippen molar-refractivity contribution in [3.05, 3.63) is 23.9 Å². The molecule has 1 aliphatic rings. The van der Waals surface area contributed by atoms with Crippen molar-refractivity contribution >= 4 is 5.82 Å². The summed E-state index contributed by atoms with van der Waals surface area (Å²) in [5.41, 5.74) is 1.01. The minimum Gasteiger partial charge on any atom is -0.355 e. The summed E-state index contributed by atoms with van der Waals surface area (Å²) in [7, 11) is 0. The van der Waals surface area contributed by atoms with E-state index >= 15 is 0 Å². The maximum absolute atomic E-state index is 12.2. The van der Waals surface area contributed by atoms with E-state index in [0.29, 0.717) is 5.82 Å². The summed E-state index contributed by atoms with van der Waals surface area (Å²) in [6, 6.07) is 3.60. The van der Waals surface area contributed by atoms with Crippen LogP contribution in [0.2, 0.25) is 0 Å². The quantitative estimate of drug-likeness (QED) is 0.716. The van der Waals surface area contributed by atoms with Crippen LogP contribution < -0.4 is 4.90 Å². The molecule has 0 radical (unpaired) electrons. The third kappa shape index (κ3) is 2.06. The van der Waals surface area contributed by atoms with Crippen LogP contribution in [0.3, 0.4) is 0 Å². The molecular formula is C10H11F3N2. The summed E-state index contributed by atoms with van der Waals surface area (Å²) in [5.74, 6) is -0.568. The van der Waals surface area contributed by atoms with Crippen molar-refractivity contribution < 1.29 is 13.2 Å². The second-order valence-electron chi connectivity index (χ2n) is 3.84. The number of nitrogens with zero attached hydrogens (tertiary/aromatic N) is 2. The molecule has 0 bridgehead atoms. The number of hydrogen-bond acceptors (Lipinski definition) is 2. The van der Waals surface area contributed by atoms with Crippen LogP contribution in [-0.4, -0.2) is 24.2 Å². The first-order valence-electron chi connectivity index (χ1n) is 4.71. The summed E-state index contributed by atoms with van der Waals surface area (Å²) >= 11 is 0. The average molecular weight is 216 g/mol. The molecule has 2 rings (SSSR count). The first kappa shape index (κ1) is 10.3.